The first-order valence-electron chi connectivity index (χ1n) is 2.80. The Bertz CT molecular complexity index is 95.7. The van der Waals surface area contributed by atoms with Crippen LogP contribution in [0.5, 0.6) is 0 Å². The molecule has 0 aliphatic rings. The maximum absolute atomic E-state index is 10.2. The molecule has 0 aromatic rings. The number of carbonyl (C=O) groups is 1. The molecule has 0 aliphatic heterocycles. The monoisotopic (exact) mass is 228 g/mol. The summed E-state index contributed by atoms with van der Waals surface area (Å²) in [7, 11) is 0.391. The van der Waals surface area contributed by atoms with E-state index in [0.29, 0.717) is 17.5 Å². The number of rotatable bonds is 3. The van der Waals surface area contributed by atoms with Crippen molar-refractivity contribution in [3.63, 3.8) is 0 Å². The summed E-state index contributed by atoms with van der Waals surface area (Å²) in [6.07, 6.45) is 4.26. The number of esters is 1. The smallest absolute Gasteiger partial charge is 0.302 e. The van der Waals surface area contributed by atoms with E-state index in [1.54, 1.807) is 0 Å². The lowest BCUT2D eigenvalue weighted by atomic mass is 10.8. The van der Waals surface area contributed by atoms with Gasteiger partial charge in [0.25, 0.3) is 0 Å². The van der Waals surface area contributed by atoms with Gasteiger partial charge in [0.1, 0.15) is 12.4 Å². The Morgan fingerprint density at radius 3 is 2.30 bits per heavy atom. The Morgan fingerprint density at radius 1 is 1.50 bits per heavy atom. The second kappa shape index (κ2) is 7.41. The van der Waals surface area contributed by atoms with Crippen molar-refractivity contribution in [2.24, 2.45) is 0 Å². The molecule has 10 heavy (non-hydrogen) atoms. The van der Waals surface area contributed by atoms with Crippen molar-refractivity contribution in [3.8, 4) is 0 Å². The van der Waals surface area contributed by atoms with Gasteiger partial charge in [-0.15, -0.1) is 0 Å². The average Bonchev–Trinajstić information content (AvgIpc) is 1.63. The lowest BCUT2D eigenvalue weighted by Crippen LogP contribution is -3.00. The Morgan fingerprint density at radius 2 is 2.00 bits per heavy atom. The van der Waals surface area contributed by atoms with Gasteiger partial charge in [0.2, 0.25) is 0 Å². The second-order valence-electron chi connectivity index (χ2n) is 2.03. The predicted molar refractivity (Wildman–Crippen MR) is 40.7 cm³/mol. The minimum absolute atomic E-state index is 0. The first-order valence-corrected chi connectivity index (χ1v) is 5.01. The number of ether oxygens (including phenoxy) is 1. The zero-order valence-corrected chi connectivity index (χ0v) is 8.92. The first-order chi connectivity index (χ1) is 4.13. The number of hydrogen-bond acceptors (Lipinski definition) is 2. The molecular weight excluding hydrogens is 216 g/mol. The molecule has 0 unspecified atom stereocenters. The van der Waals surface area contributed by atoms with E-state index in [-0.39, 0.29) is 23.0 Å². The molecular formula is C6H13BrO2S. The first kappa shape index (κ1) is 12.9. The standard InChI is InChI=1S/C6H13O2S.BrH/c1-6(7)8-4-5-9(2)3;/h4-5H2,1-3H3;1H/q+1;/p-1. The summed E-state index contributed by atoms with van der Waals surface area (Å²) in [5, 5.41) is 0. The second-order valence-corrected chi connectivity index (χ2v) is 4.41. The molecule has 0 atom stereocenters. The van der Waals surface area contributed by atoms with Crippen LogP contribution in [0.4, 0.5) is 0 Å². The van der Waals surface area contributed by atoms with Crippen LogP contribution in [0.2, 0.25) is 0 Å². The van der Waals surface area contributed by atoms with E-state index in [9.17, 15) is 4.79 Å². The molecule has 0 saturated heterocycles. The molecule has 0 bridgehead atoms. The maximum Gasteiger partial charge on any atom is 0.302 e. The van der Waals surface area contributed by atoms with Crippen molar-refractivity contribution in [1.82, 2.24) is 0 Å². The van der Waals surface area contributed by atoms with Crippen molar-refractivity contribution in [2.45, 2.75) is 6.92 Å². The third kappa shape index (κ3) is 11.1. The molecule has 62 valence electrons. The van der Waals surface area contributed by atoms with Gasteiger partial charge in [0, 0.05) is 6.92 Å². The van der Waals surface area contributed by atoms with Crippen molar-refractivity contribution in [1.29, 1.82) is 0 Å². The minimum atomic E-state index is -0.180. The average molecular weight is 229 g/mol. The number of halogens is 1. The van der Waals surface area contributed by atoms with Gasteiger partial charge in [-0.25, -0.2) is 0 Å². The van der Waals surface area contributed by atoms with Crippen molar-refractivity contribution >= 4 is 16.9 Å². The van der Waals surface area contributed by atoms with E-state index < -0.39 is 0 Å². The lowest BCUT2D eigenvalue weighted by Gasteiger charge is -1.97. The Balaban J connectivity index is 0. The molecule has 0 aliphatic carbocycles. The van der Waals surface area contributed by atoms with Gasteiger partial charge in [0.05, 0.1) is 12.5 Å². The quantitative estimate of drug-likeness (QED) is 0.393. The van der Waals surface area contributed by atoms with Gasteiger partial charge in [-0.05, 0) is 10.9 Å². The highest BCUT2D eigenvalue weighted by Crippen LogP contribution is 1.84. The van der Waals surface area contributed by atoms with Gasteiger partial charge < -0.3 is 21.7 Å². The molecule has 0 rings (SSSR count). The van der Waals surface area contributed by atoms with Gasteiger partial charge in [-0.2, -0.15) is 0 Å². The van der Waals surface area contributed by atoms with Gasteiger partial charge >= 0.3 is 5.97 Å². The zero-order valence-electron chi connectivity index (χ0n) is 6.52. The molecule has 0 aromatic heterocycles. The molecule has 0 fully saturated rings. The number of carbonyl (C=O) groups excluding carboxylic acids is 1. The third-order valence-electron chi connectivity index (χ3n) is 0.797. The third-order valence-corrected chi connectivity index (χ3v) is 1.78. The molecule has 0 aromatic carbocycles. The van der Waals surface area contributed by atoms with E-state index in [2.05, 4.69) is 12.5 Å². The fourth-order valence-corrected chi connectivity index (χ4v) is 0.769. The summed E-state index contributed by atoms with van der Waals surface area (Å²) in [5.74, 6) is 0.806. The molecule has 2 nitrogen and oxygen atoms in total. The van der Waals surface area contributed by atoms with Crippen LogP contribution in [-0.4, -0.2) is 30.8 Å². The lowest BCUT2D eigenvalue weighted by molar-refractivity contribution is -0.140. The van der Waals surface area contributed by atoms with Crippen LogP contribution in [0.15, 0.2) is 0 Å². The fraction of sp³-hybridized carbons (Fsp3) is 0.833. The van der Waals surface area contributed by atoms with Crippen LogP contribution in [0.1, 0.15) is 6.92 Å². The molecule has 0 heterocycles. The van der Waals surface area contributed by atoms with E-state index in [1.807, 2.05) is 0 Å². The van der Waals surface area contributed by atoms with Crippen LogP contribution in [-0.2, 0) is 20.4 Å². The SMILES string of the molecule is CC(=O)OCC[S+](C)C.[Br-]. The maximum atomic E-state index is 10.2. The predicted octanol–water partition coefficient (Wildman–Crippen LogP) is -2.57. The van der Waals surface area contributed by atoms with Crippen LogP contribution in [0.25, 0.3) is 0 Å². The highest BCUT2D eigenvalue weighted by Gasteiger charge is 2.01. The minimum Gasteiger partial charge on any atom is -1.00 e. The Kier molecular flexibility index (Phi) is 9.58. The van der Waals surface area contributed by atoms with Crippen molar-refractivity contribution in [2.75, 3.05) is 24.9 Å². The highest BCUT2D eigenvalue weighted by molar-refractivity contribution is 7.95. The van der Waals surface area contributed by atoms with E-state index in [1.165, 1.54) is 6.92 Å². The van der Waals surface area contributed by atoms with Crippen LogP contribution >= 0.6 is 0 Å². The largest absolute Gasteiger partial charge is 1.00 e. The summed E-state index contributed by atoms with van der Waals surface area (Å²) in [6, 6.07) is 0. The van der Waals surface area contributed by atoms with E-state index in [0.717, 1.165) is 5.75 Å². The molecule has 0 amide bonds. The van der Waals surface area contributed by atoms with Gasteiger partial charge in [-0.3, -0.25) is 4.79 Å². The van der Waals surface area contributed by atoms with Crippen molar-refractivity contribution < 1.29 is 26.5 Å². The molecule has 0 saturated carbocycles. The topological polar surface area (TPSA) is 26.3 Å². The molecule has 0 radical (unpaired) electrons. The Labute approximate surface area is 75.4 Å². The summed E-state index contributed by atoms with van der Waals surface area (Å²) >= 11 is 0. The van der Waals surface area contributed by atoms with Crippen LogP contribution < -0.4 is 17.0 Å². The van der Waals surface area contributed by atoms with E-state index in [4.69, 9.17) is 4.74 Å². The summed E-state index contributed by atoms with van der Waals surface area (Å²) in [4.78, 5) is 10.2. The summed E-state index contributed by atoms with van der Waals surface area (Å²) in [5.41, 5.74) is 0. The van der Waals surface area contributed by atoms with E-state index >= 15 is 0 Å². The Hall–Kier alpha value is 0.300. The normalized spacial score (nSPS) is 8.80. The zero-order chi connectivity index (χ0) is 7.28. The summed E-state index contributed by atoms with van der Waals surface area (Å²) in [6.45, 7) is 2.01. The van der Waals surface area contributed by atoms with Gasteiger partial charge in [-0.1, -0.05) is 0 Å². The van der Waals surface area contributed by atoms with Crippen LogP contribution in [0, 0.1) is 0 Å². The molecule has 4 heteroatoms. The molecule has 0 spiro atoms. The van der Waals surface area contributed by atoms with Crippen molar-refractivity contribution in [3.05, 3.63) is 0 Å². The highest BCUT2D eigenvalue weighted by atomic mass is 79.9. The summed E-state index contributed by atoms with van der Waals surface area (Å²) < 4.78 is 4.72. The molecule has 0 N–H and O–H groups in total. The fourth-order valence-electron chi connectivity index (χ4n) is 0.352. The van der Waals surface area contributed by atoms with Crippen LogP contribution in [0.3, 0.4) is 0 Å². The van der Waals surface area contributed by atoms with Gasteiger partial charge in [0.15, 0.2) is 0 Å². The number of hydrogen-bond donors (Lipinski definition) is 0.